The maximum Gasteiger partial charge on any atom is 0.0958 e. The normalized spacial score (nSPS) is 20.1. The molecule has 1 rings (SSSR count). The van der Waals surface area contributed by atoms with Gasteiger partial charge in [-0.2, -0.15) is 0 Å². The molecular formula is C8H16N2OS. The van der Waals surface area contributed by atoms with E-state index >= 15 is 0 Å². The summed E-state index contributed by atoms with van der Waals surface area (Å²) in [6.45, 7) is 1.94. The number of hydrogen-bond acceptors (Lipinski definition) is 2. The number of hydrogen-bond donors (Lipinski definition) is 1. The molecular weight excluding hydrogens is 172 g/mol. The van der Waals surface area contributed by atoms with Crippen LogP contribution in [0.5, 0.6) is 0 Å². The van der Waals surface area contributed by atoms with Gasteiger partial charge in [0, 0.05) is 42.3 Å². The van der Waals surface area contributed by atoms with Crippen LogP contribution in [0.4, 0.5) is 0 Å². The molecule has 0 radical (unpaired) electrons. The molecule has 0 aromatic heterocycles. The summed E-state index contributed by atoms with van der Waals surface area (Å²) in [7, 11) is -0.674. The first-order valence-electron chi connectivity index (χ1n) is 4.32. The summed E-state index contributed by atoms with van der Waals surface area (Å²) in [4.78, 5) is 2.09. The molecule has 1 unspecified atom stereocenters. The van der Waals surface area contributed by atoms with E-state index in [0.717, 1.165) is 43.9 Å². The zero-order valence-corrected chi connectivity index (χ0v) is 8.32. The largest absolute Gasteiger partial charge is 0.361 e. The number of nitrogens with one attached hydrogen (secondary N) is 1. The van der Waals surface area contributed by atoms with Crippen molar-refractivity contribution in [3.63, 3.8) is 0 Å². The van der Waals surface area contributed by atoms with Crippen molar-refractivity contribution in [3.8, 4) is 0 Å². The molecule has 0 amide bonds. The zero-order chi connectivity index (χ0) is 8.97. The summed E-state index contributed by atoms with van der Waals surface area (Å²) in [6, 6.07) is 0. The smallest absolute Gasteiger partial charge is 0.0958 e. The van der Waals surface area contributed by atoms with E-state index in [1.54, 1.807) is 6.26 Å². The Kier molecular flexibility index (Phi) is 3.72. The van der Waals surface area contributed by atoms with Gasteiger partial charge in [0.1, 0.15) is 0 Å². The molecule has 1 N–H and O–H groups in total. The molecule has 4 heteroatoms. The summed E-state index contributed by atoms with van der Waals surface area (Å²) in [6.07, 6.45) is 4.73. The van der Waals surface area contributed by atoms with Crippen molar-refractivity contribution in [2.24, 2.45) is 0 Å². The molecule has 1 aliphatic rings. The standard InChI is InChI=1S/C8H16N2OS/c1-12(11)7-3-6-10-5-2-4-8(10)9/h9H,2-7H2,1H3. The van der Waals surface area contributed by atoms with Crippen LogP contribution in [0, 0.1) is 5.41 Å². The summed E-state index contributed by atoms with van der Waals surface area (Å²) >= 11 is 0. The Hall–Kier alpha value is -0.380. The number of amidine groups is 1. The van der Waals surface area contributed by atoms with Gasteiger partial charge in [-0.15, -0.1) is 0 Å². The lowest BCUT2D eigenvalue weighted by Gasteiger charge is -2.16. The van der Waals surface area contributed by atoms with Gasteiger partial charge in [-0.05, 0) is 12.8 Å². The second-order valence-electron chi connectivity index (χ2n) is 3.17. The van der Waals surface area contributed by atoms with E-state index < -0.39 is 10.8 Å². The van der Waals surface area contributed by atoms with Crippen molar-refractivity contribution in [1.29, 1.82) is 5.41 Å². The Morgan fingerprint density at radius 2 is 2.42 bits per heavy atom. The van der Waals surface area contributed by atoms with Gasteiger partial charge in [0.05, 0.1) is 5.84 Å². The molecule has 1 heterocycles. The quantitative estimate of drug-likeness (QED) is 0.710. The number of likely N-dealkylation sites (tertiary alicyclic amines) is 1. The minimum Gasteiger partial charge on any atom is -0.361 e. The highest BCUT2D eigenvalue weighted by Crippen LogP contribution is 2.09. The number of rotatable bonds is 4. The first-order valence-corrected chi connectivity index (χ1v) is 6.05. The fraction of sp³-hybridized carbons (Fsp3) is 0.875. The molecule has 12 heavy (non-hydrogen) atoms. The van der Waals surface area contributed by atoms with Crippen LogP contribution >= 0.6 is 0 Å². The van der Waals surface area contributed by atoms with E-state index in [-0.39, 0.29) is 0 Å². The van der Waals surface area contributed by atoms with Gasteiger partial charge in [-0.25, -0.2) is 0 Å². The topological polar surface area (TPSA) is 44.2 Å². The third kappa shape index (κ3) is 2.93. The highest BCUT2D eigenvalue weighted by Gasteiger charge is 2.15. The lowest BCUT2D eigenvalue weighted by Crippen LogP contribution is -2.26. The molecule has 0 aromatic rings. The van der Waals surface area contributed by atoms with E-state index in [2.05, 4.69) is 4.90 Å². The molecule has 1 atom stereocenters. The molecule has 3 nitrogen and oxygen atoms in total. The lowest BCUT2D eigenvalue weighted by molar-refractivity contribution is 0.450. The highest BCUT2D eigenvalue weighted by molar-refractivity contribution is 7.84. The van der Waals surface area contributed by atoms with Crippen LogP contribution in [0.3, 0.4) is 0 Å². The van der Waals surface area contributed by atoms with Crippen molar-refractivity contribution < 1.29 is 4.21 Å². The van der Waals surface area contributed by atoms with Gasteiger partial charge < -0.3 is 4.90 Å². The van der Waals surface area contributed by atoms with Crippen LogP contribution in [0.15, 0.2) is 0 Å². The molecule has 70 valence electrons. The van der Waals surface area contributed by atoms with Crippen molar-refractivity contribution in [2.45, 2.75) is 19.3 Å². The van der Waals surface area contributed by atoms with Crippen molar-refractivity contribution in [1.82, 2.24) is 4.90 Å². The SMILES string of the molecule is CS(=O)CCCN1CCCC1=N. The second kappa shape index (κ2) is 4.60. The fourth-order valence-corrected chi connectivity index (χ4v) is 1.97. The lowest BCUT2D eigenvalue weighted by atomic mass is 10.4. The minimum atomic E-state index is -0.674. The Labute approximate surface area is 76.1 Å². The van der Waals surface area contributed by atoms with Crippen LogP contribution in [0.2, 0.25) is 0 Å². The summed E-state index contributed by atoms with van der Waals surface area (Å²) in [5.41, 5.74) is 0. The molecule has 0 aliphatic carbocycles. The molecule has 1 saturated heterocycles. The summed E-state index contributed by atoms with van der Waals surface area (Å²) in [5.74, 6) is 1.53. The average Bonchev–Trinajstić information content (AvgIpc) is 2.36. The van der Waals surface area contributed by atoms with Gasteiger partial charge >= 0.3 is 0 Å². The Morgan fingerprint density at radius 1 is 1.67 bits per heavy atom. The van der Waals surface area contributed by atoms with Gasteiger partial charge in [-0.1, -0.05) is 0 Å². The van der Waals surface area contributed by atoms with Crippen LogP contribution in [0.1, 0.15) is 19.3 Å². The molecule has 1 aliphatic heterocycles. The van der Waals surface area contributed by atoms with E-state index in [4.69, 9.17) is 5.41 Å². The molecule has 1 fully saturated rings. The summed E-state index contributed by atoms with van der Waals surface area (Å²) < 4.78 is 10.7. The van der Waals surface area contributed by atoms with Crippen molar-refractivity contribution in [3.05, 3.63) is 0 Å². The maximum atomic E-state index is 10.7. The fourth-order valence-electron chi connectivity index (χ4n) is 1.44. The van der Waals surface area contributed by atoms with E-state index in [0.29, 0.717) is 0 Å². The molecule has 0 saturated carbocycles. The van der Waals surface area contributed by atoms with Gasteiger partial charge in [0.2, 0.25) is 0 Å². The number of nitrogens with zero attached hydrogens (tertiary/aromatic N) is 1. The average molecular weight is 188 g/mol. The Balaban J connectivity index is 2.14. The Bertz CT molecular complexity index is 193. The van der Waals surface area contributed by atoms with E-state index in [1.165, 1.54) is 0 Å². The first-order chi connectivity index (χ1) is 5.70. The minimum absolute atomic E-state index is 0.674. The van der Waals surface area contributed by atoms with Crippen molar-refractivity contribution >= 4 is 16.6 Å². The zero-order valence-electron chi connectivity index (χ0n) is 7.51. The Morgan fingerprint density at radius 3 is 2.92 bits per heavy atom. The van der Waals surface area contributed by atoms with Crippen LogP contribution < -0.4 is 0 Å². The van der Waals surface area contributed by atoms with E-state index in [1.807, 2.05) is 0 Å². The predicted octanol–water partition coefficient (Wildman–Crippen LogP) is 0.828. The maximum absolute atomic E-state index is 10.7. The first kappa shape index (κ1) is 9.71. The van der Waals surface area contributed by atoms with Crippen LogP contribution in [-0.4, -0.2) is 40.0 Å². The van der Waals surface area contributed by atoms with Gasteiger partial charge in [0.25, 0.3) is 0 Å². The van der Waals surface area contributed by atoms with Crippen LogP contribution in [0.25, 0.3) is 0 Å². The molecule has 0 aromatic carbocycles. The van der Waals surface area contributed by atoms with Crippen LogP contribution in [-0.2, 0) is 10.8 Å². The molecule has 0 bridgehead atoms. The second-order valence-corrected chi connectivity index (χ2v) is 4.72. The van der Waals surface area contributed by atoms with E-state index in [9.17, 15) is 4.21 Å². The molecule has 0 spiro atoms. The third-order valence-corrected chi connectivity index (χ3v) is 2.95. The van der Waals surface area contributed by atoms with Gasteiger partial charge in [0.15, 0.2) is 0 Å². The summed E-state index contributed by atoms with van der Waals surface area (Å²) in [5, 5.41) is 7.54. The predicted molar refractivity (Wildman–Crippen MR) is 52.1 cm³/mol. The monoisotopic (exact) mass is 188 g/mol. The highest BCUT2D eigenvalue weighted by atomic mass is 32.2. The van der Waals surface area contributed by atoms with Gasteiger partial charge in [-0.3, -0.25) is 9.62 Å². The third-order valence-electron chi connectivity index (χ3n) is 2.08. The van der Waals surface area contributed by atoms with Crippen molar-refractivity contribution in [2.75, 3.05) is 25.1 Å².